The van der Waals surface area contributed by atoms with Gasteiger partial charge in [0.2, 0.25) is 0 Å². The lowest BCUT2D eigenvalue weighted by molar-refractivity contribution is 0.280. The second kappa shape index (κ2) is 7.39. The lowest BCUT2D eigenvalue weighted by atomic mass is 9.84. The average Bonchev–Trinajstić information content (AvgIpc) is 2.24. The molecule has 2 nitrogen and oxygen atoms in total. The van der Waals surface area contributed by atoms with E-state index in [0.717, 1.165) is 30.7 Å². The van der Waals surface area contributed by atoms with Crippen molar-refractivity contribution in [3.05, 3.63) is 0 Å². The van der Waals surface area contributed by atoms with Gasteiger partial charge in [-0.25, -0.2) is 0 Å². The Morgan fingerprint density at radius 3 is 2.87 bits per heavy atom. The first-order valence-electron chi connectivity index (χ1n) is 6.25. The highest BCUT2D eigenvalue weighted by molar-refractivity contribution is 7.84. The van der Waals surface area contributed by atoms with Gasteiger partial charge in [-0.05, 0) is 31.7 Å². The Balaban J connectivity index is 2.07. The van der Waals surface area contributed by atoms with E-state index in [1.54, 1.807) is 6.26 Å². The highest BCUT2D eigenvalue weighted by Crippen LogP contribution is 2.26. The van der Waals surface area contributed by atoms with Crippen LogP contribution >= 0.6 is 0 Å². The van der Waals surface area contributed by atoms with Crippen LogP contribution in [-0.4, -0.2) is 28.8 Å². The second-order valence-corrected chi connectivity index (χ2v) is 6.28. The Labute approximate surface area is 96.7 Å². The molecule has 3 atom stereocenters. The first-order chi connectivity index (χ1) is 7.22. The van der Waals surface area contributed by atoms with Gasteiger partial charge < -0.3 is 5.32 Å². The molecule has 0 radical (unpaired) electrons. The van der Waals surface area contributed by atoms with E-state index >= 15 is 0 Å². The van der Waals surface area contributed by atoms with E-state index in [0.29, 0.717) is 0 Å². The van der Waals surface area contributed by atoms with Crippen LogP contribution in [0, 0.1) is 5.92 Å². The van der Waals surface area contributed by atoms with Crippen molar-refractivity contribution in [2.75, 3.05) is 18.6 Å². The van der Waals surface area contributed by atoms with Crippen LogP contribution in [0.2, 0.25) is 0 Å². The van der Waals surface area contributed by atoms with Crippen LogP contribution < -0.4 is 5.32 Å². The lowest BCUT2D eigenvalue weighted by Gasteiger charge is -2.29. The highest BCUT2D eigenvalue weighted by Gasteiger charge is 2.19. The fourth-order valence-electron chi connectivity index (χ4n) is 2.43. The van der Waals surface area contributed by atoms with Crippen molar-refractivity contribution in [2.45, 2.75) is 51.5 Å². The number of hydrogen-bond acceptors (Lipinski definition) is 2. The maximum atomic E-state index is 10.9. The third-order valence-corrected chi connectivity index (χ3v) is 4.27. The zero-order valence-corrected chi connectivity index (χ0v) is 10.9. The summed E-state index contributed by atoms with van der Waals surface area (Å²) in [4.78, 5) is 0. The van der Waals surface area contributed by atoms with Crippen molar-refractivity contribution >= 4 is 10.8 Å². The molecule has 1 rings (SSSR count). The first kappa shape index (κ1) is 13.2. The lowest BCUT2D eigenvalue weighted by Crippen LogP contribution is -2.35. The molecule has 0 heterocycles. The maximum Gasteiger partial charge on any atom is 0.0244 e. The first-order valence-corrected chi connectivity index (χ1v) is 7.98. The molecule has 1 fully saturated rings. The minimum Gasteiger partial charge on any atom is -0.314 e. The van der Waals surface area contributed by atoms with Crippen LogP contribution in [0.15, 0.2) is 0 Å². The van der Waals surface area contributed by atoms with E-state index in [4.69, 9.17) is 0 Å². The van der Waals surface area contributed by atoms with E-state index in [9.17, 15) is 4.21 Å². The highest BCUT2D eigenvalue weighted by atomic mass is 32.2. The minimum atomic E-state index is -0.621. The van der Waals surface area contributed by atoms with E-state index in [2.05, 4.69) is 12.2 Å². The zero-order chi connectivity index (χ0) is 11.1. The van der Waals surface area contributed by atoms with E-state index in [1.165, 1.54) is 32.1 Å². The zero-order valence-electron chi connectivity index (χ0n) is 10.1. The van der Waals surface area contributed by atoms with Crippen LogP contribution in [0.3, 0.4) is 0 Å². The molecule has 0 amide bonds. The Bertz CT molecular complexity index is 196. The standard InChI is InChI=1S/C12H25NOS/c1-3-11-6-4-7-12(10-11)13-8-5-9-15(2)14/h11-13H,3-10H2,1-2H3. The molecule has 0 bridgehead atoms. The van der Waals surface area contributed by atoms with Gasteiger partial charge in [0.15, 0.2) is 0 Å². The Kier molecular flexibility index (Phi) is 6.50. The van der Waals surface area contributed by atoms with Gasteiger partial charge in [0.1, 0.15) is 0 Å². The SMILES string of the molecule is CCC1CCCC(NCCCS(C)=O)C1. The van der Waals surface area contributed by atoms with Crippen molar-refractivity contribution in [1.29, 1.82) is 0 Å². The van der Waals surface area contributed by atoms with E-state index in [-0.39, 0.29) is 0 Å². The van der Waals surface area contributed by atoms with Crippen molar-refractivity contribution < 1.29 is 4.21 Å². The van der Waals surface area contributed by atoms with Crippen molar-refractivity contribution in [3.63, 3.8) is 0 Å². The fourth-order valence-corrected chi connectivity index (χ4v) is 2.98. The molecule has 3 unspecified atom stereocenters. The van der Waals surface area contributed by atoms with Gasteiger partial charge in [-0.3, -0.25) is 4.21 Å². The topological polar surface area (TPSA) is 29.1 Å². The molecule has 0 aromatic heterocycles. The molecule has 90 valence electrons. The molecule has 0 aromatic carbocycles. The molecular formula is C12H25NOS. The molecular weight excluding hydrogens is 206 g/mol. The summed E-state index contributed by atoms with van der Waals surface area (Å²) in [5, 5.41) is 3.61. The van der Waals surface area contributed by atoms with Crippen LogP contribution in [-0.2, 0) is 10.8 Å². The van der Waals surface area contributed by atoms with Crippen molar-refractivity contribution in [3.8, 4) is 0 Å². The molecule has 1 saturated carbocycles. The van der Waals surface area contributed by atoms with Gasteiger partial charge in [0, 0.05) is 28.9 Å². The molecule has 1 aliphatic carbocycles. The summed E-state index contributed by atoms with van der Waals surface area (Å²) in [6.45, 7) is 3.34. The molecule has 0 aliphatic heterocycles. The number of hydrogen-bond donors (Lipinski definition) is 1. The molecule has 3 heteroatoms. The maximum absolute atomic E-state index is 10.9. The van der Waals surface area contributed by atoms with Crippen LogP contribution in [0.1, 0.15) is 45.4 Å². The second-order valence-electron chi connectivity index (χ2n) is 4.72. The summed E-state index contributed by atoms with van der Waals surface area (Å²) in [6.07, 6.45) is 9.67. The Morgan fingerprint density at radius 1 is 1.40 bits per heavy atom. The fraction of sp³-hybridized carbons (Fsp3) is 1.00. The van der Waals surface area contributed by atoms with E-state index in [1.807, 2.05) is 0 Å². The van der Waals surface area contributed by atoms with Gasteiger partial charge in [-0.2, -0.15) is 0 Å². The van der Waals surface area contributed by atoms with Crippen LogP contribution in [0.4, 0.5) is 0 Å². The Hall–Kier alpha value is 0.110. The van der Waals surface area contributed by atoms with Crippen LogP contribution in [0.5, 0.6) is 0 Å². The van der Waals surface area contributed by atoms with Crippen molar-refractivity contribution in [1.82, 2.24) is 5.32 Å². The molecule has 0 spiro atoms. The van der Waals surface area contributed by atoms with Gasteiger partial charge in [0.05, 0.1) is 0 Å². The normalized spacial score (nSPS) is 28.9. The summed E-state index contributed by atoms with van der Waals surface area (Å²) in [5.74, 6) is 1.79. The van der Waals surface area contributed by atoms with Gasteiger partial charge in [-0.1, -0.05) is 26.2 Å². The average molecular weight is 231 g/mol. The number of rotatable bonds is 6. The van der Waals surface area contributed by atoms with Gasteiger partial charge >= 0.3 is 0 Å². The summed E-state index contributed by atoms with van der Waals surface area (Å²) in [6, 6.07) is 0.731. The molecule has 1 aliphatic rings. The number of nitrogens with one attached hydrogen (secondary N) is 1. The summed E-state index contributed by atoms with van der Waals surface area (Å²) >= 11 is 0. The van der Waals surface area contributed by atoms with Crippen LogP contribution in [0.25, 0.3) is 0 Å². The van der Waals surface area contributed by atoms with Gasteiger partial charge in [-0.15, -0.1) is 0 Å². The third kappa shape index (κ3) is 5.67. The van der Waals surface area contributed by atoms with E-state index < -0.39 is 10.8 Å². The molecule has 1 N–H and O–H groups in total. The van der Waals surface area contributed by atoms with Gasteiger partial charge in [0.25, 0.3) is 0 Å². The molecule has 15 heavy (non-hydrogen) atoms. The third-order valence-electron chi connectivity index (χ3n) is 3.40. The largest absolute Gasteiger partial charge is 0.314 e. The summed E-state index contributed by atoms with van der Waals surface area (Å²) in [5.41, 5.74) is 0. The molecule has 0 saturated heterocycles. The Morgan fingerprint density at radius 2 is 2.20 bits per heavy atom. The predicted octanol–water partition coefficient (Wildman–Crippen LogP) is 2.31. The predicted molar refractivity (Wildman–Crippen MR) is 67.6 cm³/mol. The molecule has 0 aromatic rings. The quantitative estimate of drug-likeness (QED) is 0.711. The summed E-state index contributed by atoms with van der Waals surface area (Å²) in [7, 11) is -0.621. The summed E-state index contributed by atoms with van der Waals surface area (Å²) < 4.78 is 10.9. The smallest absolute Gasteiger partial charge is 0.0244 e. The minimum absolute atomic E-state index is 0.621. The monoisotopic (exact) mass is 231 g/mol. The van der Waals surface area contributed by atoms with Crippen molar-refractivity contribution in [2.24, 2.45) is 5.92 Å².